The molecule has 2 aromatic carbocycles. The molecule has 2 aliphatic carbocycles. The van der Waals surface area contributed by atoms with Gasteiger partial charge in [-0.3, -0.25) is 28.1 Å². The first-order valence-electron chi connectivity index (χ1n) is 22.2. The van der Waals surface area contributed by atoms with E-state index in [1.54, 1.807) is 51.8 Å². The summed E-state index contributed by atoms with van der Waals surface area (Å²) in [6.45, 7) is 6.99. The minimum atomic E-state index is -0.806. The van der Waals surface area contributed by atoms with Gasteiger partial charge in [-0.05, 0) is 113 Å². The van der Waals surface area contributed by atoms with Crippen molar-refractivity contribution in [2.45, 2.75) is 94.6 Å². The van der Waals surface area contributed by atoms with Crippen molar-refractivity contribution in [3.8, 4) is 17.2 Å². The Bertz CT molecular complexity index is 3390. The Morgan fingerprint density at radius 1 is 0.969 bits per heavy atom. The molecule has 2 aliphatic heterocycles. The van der Waals surface area contributed by atoms with E-state index < -0.39 is 28.7 Å². The van der Waals surface area contributed by atoms with Crippen LogP contribution in [0.15, 0.2) is 81.4 Å². The number of nitrogens with zero attached hydrogens (tertiary/aromatic N) is 10. The number of amides is 1. The Morgan fingerprint density at radius 2 is 1.78 bits per heavy atom. The molecule has 8 aromatic rings. The highest BCUT2D eigenvalue weighted by Crippen LogP contribution is 2.54. The molecule has 4 aliphatic rings. The predicted molar refractivity (Wildman–Crippen MR) is 232 cm³/mol. The number of carbonyl (C=O) groups is 1. The topological polar surface area (TPSA) is 168 Å². The average molecular weight is 882 g/mol. The standard InChI is InChI=1S/C47H45F2N11O5/c1-25-38-34(53-60(28-7-8-32(48)29(21-28)26-5-6-26)41(38)59-19-18-57(45(59)63)36-10-9-35-31(39(36)49)24-50-55(35)4)12-16-56(25)42(61)30-22-37-51-33(27-13-20-64-46(2,3)23-27)11-17-58(37)40(30)47(14-15-47)43-52-44(62)65-54-43/h7-11,17-19,21-22,24-27H,5-6,12-16,20,23H2,1-4H3,(H,52,54,62)/t25-,27+/m0/s1. The van der Waals surface area contributed by atoms with E-state index >= 15 is 13.6 Å². The second kappa shape index (κ2) is 14.0. The molecule has 16 nitrogen and oxygen atoms in total. The number of rotatable bonds is 8. The number of benzene rings is 2. The number of H-pyrrole nitrogens is 1. The van der Waals surface area contributed by atoms with Crippen LogP contribution >= 0.6 is 0 Å². The number of fused-ring (bicyclic) bond motifs is 3. The van der Waals surface area contributed by atoms with Crippen molar-refractivity contribution < 1.29 is 22.8 Å². The van der Waals surface area contributed by atoms with Crippen LogP contribution in [-0.2, 0) is 23.6 Å². The van der Waals surface area contributed by atoms with E-state index in [1.165, 1.54) is 27.6 Å². The summed E-state index contributed by atoms with van der Waals surface area (Å²) in [5.74, 6) is -0.901. The number of ether oxygens (including phenoxy) is 1. The van der Waals surface area contributed by atoms with Crippen LogP contribution in [0.25, 0.3) is 33.7 Å². The number of aryl methyl sites for hydroxylation is 1. The van der Waals surface area contributed by atoms with E-state index in [0.29, 0.717) is 89.0 Å². The van der Waals surface area contributed by atoms with Crippen LogP contribution in [0.4, 0.5) is 8.78 Å². The van der Waals surface area contributed by atoms with Crippen LogP contribution in [0, 0.1) is 11.6 Å². The van der Waals surface area contributed by atoms with E-state index in [2.05, 4.69) is 29.1 Å². The summed E-state index contributed by atoms with van der Waals surface area (Å²) in [5, 5.41) is 13.7. The van der Waals surface area contributed by atoms with Gasteiger partial charge in [0.25, 0.3) is 5.91 Å². The Labute approximate surface area is 369 Å². The number of nitrogens with one attached hydrogen (secondary N) is 1. The first-order chi connectivity index (χ1) is 31.3. The molecule has 1 saturated heterocycles. The molecule has 18 heteroatoms. The number of hydrogen-bond acceptors (Lipinski definition) is 9. The van der Waals surface area contributed by atoms with Crippen LogP contribution in [0.3, 0.4) is 0 Å². The van der Waals surface area contributed by atoms with Crippen LogP contribution in [0.5, 0.6) is 0 Å². The van der Waals surface area contributed by atoms with E-state index in [0.717, 1.165) is 31.4 Å². The summed E-state index contributed by atoms with van der Waals surface area (Å²) < 4.78 is 50.2. The van der Waals surface area contributed by atoms with E-state index in [4.69, 9.17) is 19.3 Å². The fraction of sp³-hybridized carbons (Fsp3) is 0.383. The smallest absolute Gasteiger partial charge is 0.376 e. The number of aromatic nitrogens is 10. The Balaban J connectivity index is 0.994. The van der Waals surface area contributed by atoms with Gasteiger partial charge >= 0.3 is 11.4 Å². The molecule has 1 amide bonds. The van der Waals surface area contributed by atoms with Crippen molar-refractivity contribution in [1.82, 2.24) is 53.1 Å². The molecule has 0 bridgehead atoms. The summed E-state index contributed by atoms with van der Waals surface area (Å²) in [5.41, 5.74) is 3.94. The first kappa shape index (κ1) is 39.6. The van der Waals surface area contributed by atoms with Crippen LogP contribution in [0.1, 0.15) is 122 Å². The third-order valence-corrected chi connectivity index (χ3v) is 14.2. The molecule has 1 N–H and O–H groups in total. The number of halogens is 2. The molecule has 0 radical (unpaired) electrons. The van der Waals surface area contributed by atoms with E-state index in [-0.39, 0.29) is 40.2 Å². The molecule has 6 aromatic heterocycles. The molecule has 65 heavy (non-hydrogen) atoms. The molecular weight excluding hydrogens is 837 g/mol. The zero-order valence-corrected chi connectivity index (χ0v) is 36.2. The van der Waals surface area contributed by atoms with Crippen molar-refractivity contribution in [3.05, 3.63) is 140 Å². The zero-order valence-electron chi connectivity index (χ0n) is 36.2. The fourth-order valence-electron chi connectivity index (χ4n) is 10.5. The summed E-state index contributed by atoms with van der Waals surface area (Å²) >= 11 is 0. The fourth-order valence-corrected chi connectivity index (χ4v) is 10.5. The molecule has 332 valence electrons. The lowest BCUT2D eigenvalue weighted by Crippen LogP contribution is -2.40. The maximum Gasteiger partial charge on any atom is 0.438 e. The van der Waals surface area contributed by atoms with Crippen molar-refractivity contribution in [2.75, 3.05) is 13.2 Å². The monoisotopic (exact) mass is 881 g/mol. The van der Waals surface area contributed by atoms with Crippen molar-refractivity contribution >= 4 is 22.5 Å². The second-order valence-electron chi connectivity index (χ2n) is 18.7. The SMILES string of the molecule is C[C@H]1c2c(nn(-c3ccc(F)c(C4CC4)c3)c2-n2ccn(-c3ccc4c(cnn4C)c3F)c2=O)CCN1C(=O)c1cc2nc([C@@H]3CCOC(C)(C)C3)ccn2c1C1(c2noc(=O)[nH]2)CC1. The Hall–Kier alpha value is -6.95. The number of carbonyl (C=O) groups excluding carboxylic acids is 1. The highest BCUT2D eigenvalue weighted by molar-refractivity contribution is 5.98. The summed E-state index contributed by atoms with van der Waals surface area (Å²) in [6.07, 6.45) is 11.4. The molecule has 2 saturated carbocycles. The molecule has 8 heterocycles. The Morgan fingerprint density at radius 3 is 2.54 bits per heavy atom. The average Bonchev–Trinajstić information content (AvgIpc) is 4.03. The van der Waals surface area contributed by atoms with Crippen LogP contribution in [0.2, 0.25) is 0 Å². The maximum absolute atomic E-state index is 16.1. The van der Waals surface area contributed by atoms with Crippen LogP contribution < -0.4 is 11.4 Å². The Kier molecular flexibility index (Phi) is 8.55. The quantitative estimate of drug-likeness (QED) is 0.175. The highest BCUT2D eigenvalue weighted by atomic mass is 19.1. The lowest BCUT2D eigenvalue weighted by atomic mass is 9.86. The van der Waals surface area contributed by atoms with Crippen molar-refractivity contribution in [3.63, 3.8) is 0 Å². The van der Waals surface area contributed by atoms with Crippen molar-refractivity contribution in [1.29, 1.82) is 0 Å². The van der Waals surface area contributed by atoms with Gasteiger partial charge in [0.15, 0.2) is 11.6 Å². The molecule has 3 fully saturated rings. The molecule has 0 unspecified atom stereocenters. The van der Waals surface area contributed by atoms with Gasteiger partial charge in [-0.2, -0.15) is 10.2 Å². The van der Waals surface area contributed by atoms with Gasteiger partial charge in [-0.1, -0.05) is 5.16 Å². The third-order valence-electron chi connectivity index (χ3n) is 14.2. The summed E-state index contributed by atoms with van der Waals surface area (Å²) in [7, 11) is 1.72. The summed E-state index contributed by atoms with van der Waals surface area (Å²) in [6, 6.07) is 11.3. The van der Waals surface area contributed by atoms with Gasteiger partial charge in [-0.25, -0.2) is 28.0 Å². The third kappa shape index (κ3) is 6.12. The molecule has 2 atom stereocenters. The van der Waals surface area contributed by atoms with E-state index in [1.807, 2.05) is 29.7 Å². The minimum absolute atomic E-state index is 0.0462. The number of aromatic amines is 1. The highest BCUT2D eigenvalue weighted by Gasteiger charge is 2.54. The van der Waals surface area contributed by atoms with Gasteiger partial charge in [0.2, 0.25) is 0 Å². The lowest BCUT2D eigenvalue weighted by molar-refractivity contribution is -0.0597. The van der Waals surface area contributed by atoms with Crippen LogP contribution in [-0.4, -0.2) is 77.8 Å². The first-order valence-corrected chi connectivity index (χ1v) is 22.2. The lowest BCUT2D eigenvalue weighted by Gasteiger charge is -2.35. The number of imidazole rings is 1. The second-order valence-corrected chi connectivity index (χ2v) is 18.7. The van der Waals surface area contributed by atoms with Gasteiger partial charge in [-0.15, -0.1) is 0 Å². The van der Waals surface area contributed by atoms with Crippen molar-refractivity contribution in [2.24, 2.45) is 7.05 Å². The number of hydrogen-bond donors (Lipinski definition) is 1. The maximum atomic E-state index is 16.1. The largest absolute Gasteiger partial charge is 0.438 e. The van der Waals surface area contributed by atoms with Gasteiger partial charge in [0.1, 0.15) is 17.3 Å². The molecular formula is C47H45F2N11O5. The predicted octanol–water partition coefficient (Wildman–Crippen LogP) is 6.69. The van der Waals surface area contributed by atoms with E-state index in [9.17, 15) is 9.59 Å². The minimum Gasteiger partial charge on any atom is -0.376 e. The molecule has 12 rings (SSSR count). The summed E-state index contributed by atoms with van der Waals surface area (Å²) in [4.78, 5) is 52.2. The zero-order chi connectivity index (χ0) is 44.7. The van der Waals surface area contributed by atoms with Gasteiger partial charge < -0.3 is 14.0 Å². The normalized spacial score (nSPS) is 20.2. The van der Waals surface area contributed by atoms with Gasteiger partial charge in [0, 0.05) is 62.4 Å². The van der Waals surface area contributed by atoms with Gasteiger partial charge in [0.05, 0.1) is 62.5 Å². The molecule has 0 spiro atoms.